The Morgan fingerprint density at radius 2 is 1.81 bits per heavy atom. The van der Waals surface area contributed by atoms with Crippen LogP contribution in [0.15, 0.2) is 54.9 Å². The molecule has 0 radical (unpaired) electrons. The Bertz CT molecular complexity index is 1200. The van der Waals surface area contributed by atoms with Crippen LogP contribution in [0.1, 0.15) is 27.0 Å². The van der Waals surface area contributed by atoms with Crippen LogP contribution in [0.25, 0.3) is 10.2 Å². The number of carbonyl (C=O) groups excluding carboxylic acids is 1. The van der Waals surface area contributed by atoms with E-state index >= 15 is 0 Å². The molecule has 31 heavy (non-hydrogen) atoms. The third-order valence-electron chi connectivity index (χ3n) is 5.16. The van der Waals surface area contributed by atoms with Crippen molar-refractivity contribution in [2.75, 3.05) is 19.1 Å². The standard InChI is InChI=1S/C24H23N3O3S/c1-15-10-19-22(11-16(15)2)31-24(26-19)27(14-17-6-5-9-25-13-17)23(28)18-7-8-20(29-3)21(12-18)30-4/h5-13H,14H2,1-4H3. The highest BCUT2D eigenvalue weighted by atomic mass is 32.1. The van der Waals surface area contributed by atoms with Crippen LogP contribution >= 0.6 is 11.3 Å². The second-order valence-corrected chi connectivity index (χ2v) is 8.23. The molecule has 0 unspecified atom stereocenters. The fourth-order valence-corrected chi connectivity index (χ4v) is 4.35. The molecule has 2 aromatic carbocycles. The highest BCUT2D eigenvalue weighted by Gasteiger charge is 2.23. The van der Waals surface area contributed by atoms with Crippen molar-refractivity contribution >= 4 is 32.6 Å². The van der Waals surface area contributed by atoms with Gasteiger partial charge in [0.25, 0.3) is 5.91 Å². The molecule has 158 valence electrons. The first kappa shape index (κ1) is 20.8. The van der Waals surface area contributed by atoms with Crippen molar-refractivity contribution in [1.82, 2.24) is 9.97 Å². The Kier molecular flexibility index (Phi) is 5.86. The summed E-state index contributed by atoms with van der Waals surface area (Å²) in [6, 6.07) is 13.2. The molecule has 0 N–H and O–H groups in total. The molecule has 0 saturated heterocycles. The van der Waals surface area contributed by atoms with Crippen molar-refractivity contribution in [3.8, 4) is 11.5 Å². The van der Waals surface area contributed by atoms with Gasteiger partial charge in [-0.15, -0.1) is 0 Å². The number of aromatic nitrogens is 2. The van der Waals surface area contributed by atoms with Crippen molar-refractivity contribution in [3.05, 3.63) is 77.1 Å². The number of thiazole rings is 1. The minimum Gasteiger partial charge on any atom is -0.493 e. The number of aryl methyl sites for hydroxylation is 2. The molecule has 4 rings (SSSR count). The molecule has 0 aliphatic rings. The van der Waals surface area contributed by atoms with Crippen molar-refractivity contribution in [2.45, 2.75) is 20.4 Å². The smallest absolute Gasteiger partial charge is 0.260 e. The molecule has 7 heteroatoms. The molecule has 0 bridgehead atoms. The van der Waals surface area contributed by atoms with E-state index in [2.05, 4.69) is 31.0 Å². The average molecular weight is 434 g/mol. The number of carbonyl (C=O) groups is 1. The second kappa shape index (κ2) is 8.73. The molecule has 0 atom stereocenters. The van der Waals surface area contributed by atoms with Gasteiger partial charge in [-0.05, 0) is 66.9 Å². The monoisotopic (exact) mass is 433 g/mol. The lowest BCUT2D eigenvalue weighted by atomic mass is 10.1. The third kappa shape index (κ3) is 4.22. The van der Waals surface area contributed by atoms with E-state index < -0.39 is 0 Å². The number of rotatable bonds is 6. The normalized spacial score (nSPS) is 10.8. The molecular weight excluding hydrogens is 410 g/mol. The first-order valence-electron chi connectivity index (χ1n) is 9.80. The van der Waals surface area contributed by atoms with Crippen LogP contribution in [0.3, 0.4) is 0 Å². The summed E-state index contributed by atoms with van der Waals surface area (Å²) in [5.74, 6) is 0.909. The summed E-state index contributed by atoms with van der Waals surface area (Å²) in [7, 11) is 3.12. The van der Waals surface area contributed by atoms with Gasteiger partial charge >= 0.3 is 0 Å². The number of anilines is 1. The number of amides is 1. The summed E-state index contributed by atoms with van der Waals surface area (Å²) in [6.45, 7) is 4.51. The topological polar surface area (TPSA) is 64.5 Å². The van der Waals surface area contributed by atoms with Crippen LogP contribution in [0, 0.1) is 13.8 Å². The molecule has 2 aromatic heterocycles. The summed E-state index contributed by atoms with van der Waals surface area (Å²) in [5, 5.41) is 0.642. The third-order valence-corrected chi connectivity index (χ3v) is 6.20. The largest absolute Gasteiger partial charge is 0.493 e. The Hall–Kier alpha value is -3.45. The molecule has 4 aromatic rings. The molecule has 0 fully saturated rings. The van der Waals surface area contributed by atoms with Crippen LogP contribution in [0.2, 0.25) is 0 Å². The molecule has 6 nitrogen and oxygen atoms in total. The summed E-state index contributed by atoms with van der Waals surface area (Å²) in [4.78, 5) is 24.3. The predicted octanol–water partition coefficient (Wildman–Crippen LogP) is 5.17. The van der Waals surface area contributed by atoms with Crippen molar-refractivity contribution < 1.29 is 14.3 Å². The number of ether oxygens (including phenoxy) is 2. The van der Waals surface area contributed by atoms with Gasteiger partial charge in [0.15, 0.2) is 16.6 Å². The van der Waals surface area contributed by atoms with Gasteiger partial charge in [0, 0.05) is 18.0 Å². The number of nitrogens with zero attached hydrogens (tertiary/aromatic N) is 3. The van der Waals surface area contributed by atoms with Gasteiger partial charge in [-0.2, -0.15) is 0 Å². The highest BCUT2D eigenvalue weighted by molar-refractivity contribution is 7.22. The van der Waals surface area contributed by atoms with Gasteiger partial charge in [-0.25, -0.2) is 4.98 Å². The molecule has 0 aliphatic heterocycles. The maximum atomic E-state index is 13.6. The van der Waals surface area contributed by atoms with E-state index in [1.807, 2.05) is 12.1 Å². The van der Waals surface area contributed by atoms with E-state index in [0.717, 1.165) is 15.8 Å². The van der Waals surface area contributed by atoms with E-state index in [4.69, 9.17) is 14.5 Å². The van der Waals surface area contributed by atoms with Crippen LogP contribution in [0.4, 0.5) is 5.13 Å². The highest BCUT2D eigenvalue weighted by Crippen LogP contribution is 2.34. The Balaban J connectivity index is 1.78. The Labute approximate surface area is 185 Å². The Morgan fingerprint density at radius 3 is 2.52 bits per heavy atom. The summed E-state index contributed by atoms with van der Waals surface area (Å²) < 4.78 is 11.7. The summed E-state index contributed by atoms with van der Waals surface area (Å²) >= 11 is 1.51. The zero-order valence-corrected chi connectivity index (χ0v) is 18.7. The van der Waals surface area contributed by atoms with Crippen molar-refractivity contribution in [2.24, 2.45) is 0 Å². The molecule has 0 aliphatic carbocycles. The number of benzene rings is 2. The maximum Gasteiger partial charge on any atom is 0.260 e. The molecule has 2 heterocycles. The lowest BCUT2D eigenvalue weighted by molar-refractivity contribution is 0.0984. The van der Waals surface area contributed by atoms with Crippen LogP contribution in [-0.2, 0) is 6.54 Å². The first-order valence-corrected chi connectivity index (χ1v) is 10.6. The van der Waals surface area contributed by atoms with Crippen LogP contribution in [-0.4, -0.2) is 30.1 Å². The average Bonchev–Trinajstić information content (AvgIpc) is 3.19. The van der Waals surface area contributed by atoms with E-state index in [9.17, 15) is 4.79 Å². The minimum atomic E-state index is -0.169. The summed E-state index contributed by atoms with van der Waals surface area (Å²) in [5.41, 5.74) is 4.68. The van der Waals surface area contributed by atoms with E-state index in [1.165, 1.54) is 22.5 Å². The maximum absolute atomic E-state index is 13.6. The zero-order chi connectivity index (χ0) is 22.0. The number of pyridine rings is 1. The van der Waals surface area contributed by atoms with Crippen molar-refractivity contribution in [1.29, 1.82) is 0 Å². The SMILES string of the molecule is COc1ccc(C(=O)N(Cc2cccnc2)c2nc3cc(C)c(C)cc3s2)cc1OC. The number of fused-ring (bicyclic) bond motifs is 1. The minimum absolute atomic E-state index is 0.169. The molecule has 0 spiro atoms. The van der Waals surface area contributed by atoms with Gasteiger partial charge in [0.1, 0.15) is 0 Å². The van der Waals surface area contributed by atoms with Crippen LogP contribution < -0.4 is 14.4 Å². The van der Waals surface area contributed by atoms with Gasteiger partial charge in [0.05, 0.1) is 31.0 Å². The number of methoxy groups -OCH3 is 2. The Morgan fingerprint density at radius 1 is 1.03 bits per heavy atom. The van der Waals surface area contributed by atoms with Gasteiger partial charge in [-0.1, -0.05) is 17.4 Å². The molecule has 0 saturated carbocycles. The van der Waals surface area contributed by atoms with Crippen molar-refractivity contribution in [3.63, 3.8) is 0 Å². The molecule has 1 amide bonds. The lowest BCUT2D eigenvalue weighted by Gasteiger charge is -2.20. The first-order chi connectivity index (χ1) is 15.0. The van der Waals surface area contributed by atoms with Gasteiger partial charge < -0.3 is 9.47 Å². The number of hydrogen-bond donors (Lipinski definition) is 0. The zero-order valence-electron chi connectivity index (χ0n) is 17.9. The van der Waals surface area contributed by atoms with E-state index in [-0.39, 0.29) is 5.91 Å². The fraction of sp³-hybridized carbons (Fsp3) is 0.208. The van der Waals surface area contributed by atoms with Gasteiger partial charge in [-0.3, -0.25) is 14.7 Å². The lowest BCUT2D eigenvalue weighted by Crippen LogP contribution is -2.30. The van der Waals surface area contributed by atoms with E-state index in [1.54, 1.807) is 49.7 Å². The van der Waals surface area contributed by atoms with Gasteiger partial charge in [0.2, 0.25) is 0 Å². The predicted molar refractivity (Wildman–Crippen MR) is 123 cm³/mol. The quantitative estimate of drug-likeness (QED) is 0.420. The summed E-state index contributed by atoms with van der Waals surface area (Å²) in [6.07, 6.45) is 3.48. The van der Waals surface area contributed by atoms with Crippen LogP contribution in [0.5, 0.6) is 11.5 Å². The fourth-order valence-electron chi connectivity index (χ4n) is 3.31. The molecular formula is C24H23N3O3S. The van der Waals surface area contributed by atoms with E-state index in [0.29, 0.717) is 28.7 Å². The second-order valence-electron chi connectivity index (χ2n) is 7.22. The number of hydrogen-bond acceptors (Lipinski definition) is 6.